The first-order valence-electron chi connectivity index (χ1n) is 5.75. The molecule has 1 saturated carbocycles. The summed E-state index contributed by atoms with van der Waals surface area (Å²) in [5, 5.41) is 9.23. The molecule has 84 valence electrons. The summed E-state index contributed by atoms with van der Waals surface area (Å²) in [6, 6.07) is 9.99. The normalized spacial score (nSPS) is 22.7. The molecule has 16 heavy (non-hydrogen) atoms. The number of benzene rings is 1. The highest BCUT2D eigenvalue weighted by molar-refractivity contribution is 5.91. The first kappa shape index (κ1) is 9.85. The highest BCUT2D eigenvalue weighted by Crippen LogP contribution is 2.50. The number of nitrogens with zero attached hydrogens (tertiary/aromatic N) is 1. The summed E-state index contributed by atoms with van der Waals surface area (Å²) in [7, 11) is 0. The Morgan fingerprint density at radius 1 is 1.25 bits per heavy atom. The van der Waals surface area contributed by atoms with Crippen molar-refractivity contribution in [2.24, 2.45) is 0 Å². The van der Waals surface area contributed by atoms with Crippen molar-refractivity contribution in [1.82, 2.24) is 4.90 Å². The maximum absolute atomic E-state index is 12.3. The maximum Gasteiger partial charge on any atom is 0.233 e. The zero-order valence-electron chi connectivity index (χ0n) is 9.10. The summed E-state index contributed by atoms with van der Waals surface area (Å²) in [6.45, 7) is 1.01. The number of rotatable bonds is 2. The van der Waals surface area contributed by atoms with Gasteiger partial charge in [-0.15, -0.1) is 0 Å². The van der Waals surface area contributed by atoms with Crippen LogP contribution in [0.3, 0.4) is 0 Å². The van der Waals surface area contributed by atoms with E-state index in [1.165, 1.54) is 0 Å². The Hall–Kier alpha value is -1.35. The van der Waals surface area contributed by atoms with Crippen molar-refractivity contribution < 1.29 is 9.90 Å². The number of amides is 1. The Morgan fingerprint density at radius 2 is 1.88 bits per heavy atom. The Labute approximate surface area is 94.7 Å². The van der Waals surface area contributed by atoms with Gasteiger partial charge in [-0.1, -0.05) is 30.3 Å². The molecule has 0 aromatic heterocycles. The second kappa shape index (κ2) is 3.32. The second-order valence-corrected chi connectivity index (χ2v) is 4.81. The SMILES string of the molecule is O=C(N1CC(O)C1)C1(c2ccccc2)CC1. The molecule has 1 aliphatic heterocycles. The number of likely N-dealkylation sites (tertiary alicyclic amines) is 1. The Morgan fingerprint density at radius 3 is 2.38 bits per heavy atom. The molecule has 0 spiro atoms. The van der Waals surface area contributed by atoms with Crippen LogP contribution in [0.2, 0.25) is 0 Å². The average molecular weight is 217 g/mol. The first-order chi connectivity index (χ1) is 7.72. The molecular formula is C13H15NO2. The molecule has 0 radical (unpaired) electrons. The summed E-state index contributed by atoms with van der Waals surface area (Å²) in [4.78, 5) is 14.0. The van der Waals surface area contributed by atoms with E-state index in [-0.39, 0.29) is 17.4 Å². The van der Waals surface area contributed by atoms with Crippen LogP contribution in [0.25, 0.3) is 0 Å². The van der Waals surface area contributed by atoms with Crippen molar-refractivity contribution in [3.8, 4) is 0 Å². The molecule has 1 heterocycles. The van der Waals surface area contributed by atoms with Gasteiger partial charge in [0.15, 0.2) is 0 Å². The highest BCUT2D eigenvalue weighted by Gasteiger charge is 2.54. The van der Waals surface area contributed by atoms with E-state index in [9.17, 15) is 9.90 Å². The fourth-order valence-electron chi connectivity index (χ4n) is 2.43. The van der Waals surface area contributed by atoms with Crippen molar-refractivity contribution in [1.29, 1.82) is 0 Å². The molecule has 0 bridgehead atoms. The van der Waals surface area contributed by atoms with Gasteiger partial charge >= 0.3 is 0 Å². The van der Waals surface area contributed by atoms with Crippen LogP contribution in [0.5, 0.6) is 0 Å². The summed E-state index contributed by atoms with van der Waals surface area (Å²) < 4.78 is 0. The molecule has 2 aliphatic rings. The lowest BCUT2D eigenvalue weighted by molar-refractivity contribution is -0.144. The maximum atomic E-state index is 12.3. The number of aliphatic hydroxyl groups excluding tert-OH is 1. The summed E-state index contributed by atoms with van der Waals surface area (Å²) in [6.07, 6.45) is 1.58. The lowest BCUT2D eigenvalue weighted by Gasteiger charge is -2.38. The van der Waals surface area contributed by atoms with Crippen molar-refractivity contribution >= 4 is 5.91 Å². The van der Waals surface area contributed by atoms with Gasteiger partial charge in [-0.2, -0.15) is 0 Å². The Bertz CT molecular complexity index is 405. The second-order valence-electron chi connectivity index (χ2n) is 4.81. The highest BCUT2D eigenvalue weighted by atomic mass is 16.3. The van der Waals surface area contributed by atoms with E-state index >= 15 is 0 Å². The van der Waals surface area contributed by atoms with Crippen molar-refractivity contribution in [2.45, 2.75) is 24.4 Å². The molecule has 3 rings (SSSR count). The minimum absolute atomic E-state index is 0.198. The number of aliphatic hydroxyl groups is 1. The van der Waals surface area contributed by atoms with E-state index in [0.717, 1.165) is 18.4 Å². The molecule has 3 nitrogen and oxygen atoms in total. The quantitative estimate of drug-likeness (QED) is 0.800. The van der Waals surface area contributed by atoms with Crippen LogP contribution in [-0.4, -0.2) is 35.1 Å². The minimum atomic E-state index is -0.310. The summed E-state index contributed by atoms with van der Waals surface area (Å²) in [5.74, 6) is 0.198. The molecular weight excluding hydrogens is 202 g/mol. The third-order valence-electron chi connectivity index (χ3n) is 3.64. The number of carbonyl (C=O) groups is 1. The molecule has 1 amide bonds. The van der Waals surface area contributed by atoms with E-state index in [2.05, 4.69) is 0 Å². The van der Waals surface area contributed by atoms with Crippen molar-refractivity contribution in [2.75, 3.05) is 13.1 Å². The van der Waals surface area contributed by atoms with Crippen LogP contribution in [0, 0.1) is 0 Å². The Balaban J connectivity index is 1.81. The average Bonchev–Trinajstić information content (AvgIpc) is 3.06. The van der Waals surface area contributed by atoms with E-state index < -0.39 is 0 Å². The van der Waals surface area contributed by atoms with E-state index in [1.807, 2.05) is 30.3 Å². The lowest BCUT2D eigenvalue weighted by atomic mass is 9.93. The lowest BCUT2D eigenvalue weighted by Crippen LogP contribution is -2.56. The number of β-amino-alcohol motifs (C(OH)–C–C–N with tert-alkyl or cyclic N) is 1. The van der Waals surface area contributed by atoms with Crippen LogP contribution >= 0.6 is 0 Å². The first-order valence-corrected chi connectivity index (χ1v) is 5.75. The molecule has 1 saturated heterocycles. The van der Waals surface area contributed by atoms with Gasteiger partial charge in [-0.25, -0.2) is 0 Å². The fraction of sp³-hybridized carbons (Fsp3) is 0.462. The molecule has 3 heteroatoms. The zero-order valence-corrected chi connectivity index (χ0v) is 9.10. The van der Waals surface area contributed by atoms with Gasteiger partial charge in [0, 0.05) is 13.1 Å². The smallest absolute Gasteiger partial charge is 0.233 e. The van der Waals surface area contributed by atoms with Crippen LogP contribution in [0.15, 0.2) is 30.3 Å². The van der Waals surface area contributed by atoms with Crippen LogP contribution in [0.1, 0.15) is 18.4 Å². The molecule has 2 fully saturated rings. The molecule has 1 aromatic carbocycles. The zero-order chi connectivity index (χ0) is 11.2. The van der Waals surface area contributed by atoms with Gasteiger partial charge in [-0.3, -0.25) is 4.79 Å². The standard InChI is InChI=1S/C13H15NO2/c15-11-8-14(9-11)12(16)13(6-7-13)10-4-2-1-3-5-10/h1-5,11,15H,6-9H2. The number of hydrogen-bond donors (Lipinski definition) is 1. The summed E-state index contributed by atoms with van der Waals surface area (Å²) in [5.41, 5.74) is 0.864. The van der Waals surface area contributed by atoms with E-state index in [1.54, 1.807) is 4.90 Å². The predicted octanol–water partition coefficient (Wildman–Crippen LogP) is 0.921. The number of hydrogen-bond acceptors (Lipinski definition) is 2. The van der Waals surface area contributed by atoms with Gasteiger partial charge < -0.3 is 10.0 Å². The topological polar surface area (TPSA) is 40.5 Å². The van der Waals surface area contributed by atoms with Gasteiger partial charge in [0.1, 0.15) is 0 Å². The van der Waals surface area contributed by atoms with Gasteiger partial charge in [0.25, 0.3) is 0 Å². The van der Waals surface area contributed by atoms with Crippen LogP contribution in [0.4, 0.5) is 0 Å². The third-order valence-corrected chi connectivity index (χ3v) is 3.64. The van der Waals surface area contributed by atoms with Crippen molar-refractivity contribution in [3.05, 3.63) is 35.9 Å². The monoisotopic (exact) mass is 217 g/mol. The van der Waals surface area contributed by atoms with Crippen LogP contribution in [-0.2, 0) is 10.2 Å². The van der Waals surface area contributed by atoms with E-state index in [4.69, 9.17) is 0 Å². The molecule has 1 aromatic rings. The fourth-order valence-corrected chi connectivity index (χ4v) is 2.43. The molecule has 0 atom stereocenters. The van der Waals surface area contributed by atoms with Gasteiger partial charge in [0.2, 0.25) is 5.91 Å². The van der Waals surface area contributed by atoms with Gasteiger partial charge in [0.05, 0.1) is 11.5 Å². The predicted molar refractivity (Wildman–Crippen MR) is 59.9 cm³/mol. The molecule has 1 aliphatic carbocycles. The molecule has 1 N–H and O–H groups in total. The minimum Gasteiger partial charge on any atom is -0.389 e. The summed E-state index contributed by atoms with van der Waals surface area (Å²) >= 11 is 0. The van der Waals surface area contributed by atoms with Crippen molar-refractivity contribution in [3.63, 3.8) is 0 Å². The van der Waals surface area contributed by atoms with E-state index in [0.29, 0.717) is 13.1 Å². The van der Waals surface area contributed by atoms with Crippen LogP contribution < -0.4 is 0 Å². The number of carbonyl (C=O) groups excluding carboxylic acids is 1. The third kappa shape index (κ3) is 1.35. The molecule has 0 unspecified atom stereocenters. The largest absolute Gasteiger partial charge is 0.389 e. The Kier molecular flexibility index (Phi) is 2.04. The van der Waals surface area contributed by atoms with Gasteiger partial charge in [-0.05, 0) is 18.4 Å².